The molecule has 0 saturated carbocycles. The van der Waals surface area contributed by atoms with Crippen molar-refractivity contribution in [2.24, 2.45) is 5.73 Å². The van der Waals surface area contributed by atoms with Gasteiger partial charge in [-0.25, -0.2) is 0 Å². The summed E-state index contributed by atoms with van der Waals surface area (Å²) < 4.78 is 11.2. The van der Waals surface area contributed by atoms with Gasteiger partial charge in [-0.05, 0) is 18.6 Å². The zero-order valence-corrected chi connectivity index (χ0v) is 12.4. The maximum Gasteiger partial charge on any atom is 0.234 e. The molecule has 0 aromatic heterocycles. The van der Waals surface area contributed by atoms with Crippen molar-refractivity contribution in [3.05, 3.63) is 29.3 Å². The third-order valence-electron chi connectivity index (χ3n) is 3.07. The fraction of sp³-hybridized carbons (Fsp3) is 0.500. The van der Waals surface area contributed by atoms with E-state index in [4.69, 9.17) is 15.2 Å². The van der Waals surface area contributed by atoms with E-state index in [2.05, 4.69) is 5.32 Å². The first-order valence-electron chi connectivity index (χ1n) is 6.49. The summed E-state index contributed by atoms with van der Waals surface area (Å²) in [7, 11) is 0. The fourth-order valence-corrected chi connectivity index (χ4v) is 1.97. The Bertz CT molecular complexity index is 448. The molecular formula is C14H21ClN2O3. The average Bonchev–Trinajstić information content (AvgIpc) is 2.90. The van der Waals surface area contributed by atoms with Crippen molar-refractivity contribution in [1.29, 1.82) is 0 Å². The highest BCUT2D eigenvalue weighted by atomic mass is 35.5. The summed E-state index contributed by atoms with van der Waals surface area (Å²) >= 11 is 0. The summed E-state index contributed by atoms with van der Waals surface area (Å²) in [6.45, 7) is 3.82. The van der Waals surface area contributed by atoms with E-state index in [1.165, 1.54) is 0 Å². The van der Waals surface area contributed by atoms with Crippen LogP contribution >= 0.6 is 12.4 Å². The normalized spacial score (nSPS) is 17.4. The number of ether oxygens (including phenoxy) is 2. The minimum atomic E-state index is -0.171. The molecule has 0 bridgehead atoms. The molecule has 1 heterocycles. The van der Waals surface area contributed by atoms with E-state index in [1.54, 1.807) is 0 Å². The molecule has 0 aliphatic carbocycles. The number of aryl methyl sites for hydroxylation is 1. The maximum absolute atomic E-state index is 11.2. The monoisotopic (exact) mass is 300 g/mol. The molecule has 0 radical (unpaired) electrons. The van der Waals surface area contributed by atoms with Gasteiger partial charge in [-0.15, -0.1) is 12.4 Å². The number of halogens is 1. The third kappa shape index (κ3) is 4.67. The zero-order valence-electron chi connectivity index (χ0n) is 11.6. The summed E-state index contributed by atoms with van der Waals surface area (Å²) in [5, 5.41) is 2.76. The summed E-state index contributed by atoms with van der Waals surface area (Å²) in [5.41, 5.74) is 7.36. The molecule has 0 spiro atoms. The Kier molecular flexibility index (Phi) is 6.78. The molecule has 2 rings (SSSR count). The van der Waals surface area contributed by atoms with Gasteiger partial charge in [-0.1, -0.05) is 12.1 Å². The average molecular weight is 301 g/mol. The Morgan fingerprint density at radius 3 is 3.00 bits per heavy atom. The van der Waals surface area contributed by atoms with Crippen LogP contribution in [0.4, 0.5) is 0 Å². The van der Waals surface area contributed by atoms with Crippen LogP contribution in [0, 0.1) is 6.92 Å². The van der Waals surface area contributed by atoms with Crippen LogP contribution in [-0.2, 0) is 16.1 Å². The summed E-state index contributed by atoms with van der Waals surface area (Å²) in [6, 6.07) is 5.96. The number of rotatable bonds is 5. The van der Waals surface area contributed by atoms with Crippen LogP contribution in [0.1, 0.15) is 17.5 Å². The second-order valence-corrected chi connectivity index (χ2v) is 4.70. The number of carbonyl (C=O) groups excluding carboxylic acids is 1. The van der Waals surface area contributed by atoms with Crippen LogP contribution in [0.2, 0.25) is 0 Å². The number of nitrogens with two attached hydrogens (primary N) is 1. The van der Waals surface area contributed by atoms with Crippen LogP contribution in [0.5, 0.6) is 5.75 Å². The number of carbonyl (C=O) groups is 1. The van der Waals surface area contributed by atoms with Gasteiger partial charge in [0, 0.05) is 18.5 Å². The largest absolute Gasteiger partial charge is 0.488 e. The summed E-state index contributed by atoms with van der Waals surface area (Å²) in [5.74, 6) is 0.642. The molecule has 1 saturated heterocycles. The highest BCUT2D eigenvalue weighted by molar-refractivity contribution is 5.85. The van der Waals surface area contributed by atoms with Crippen molar-refractivity contribution in [2.45, 2.75) is 26.0 Å². The van der Waals surface area contributed by atoms with Gasteiger partial charge >= 0.3 is 0 Å². The lowest BCUT2D eigenvalue weighted by Gasteiger charge is -2.16. The number of benzene rings is 1. The summed E-state index contributed by atoms with van der Waals surface area (Å²) in [6.07, 6.45) is 1.01. The zero-order chi connectivity index (χ0) is 13.7. The molecule has 1 aliphatic rings. The fourth-order valence-electron chi connectivity index (χ4n) is 1.97. The number of nitrogens with one attached hydrogen (secondary N) is 1. The van der Waals surface area contributed by atoms with Crippen molar-refractivity contribution >= 4 is 18.3 Å². The first-order chi connectivity index (χ1) is 9.19. The molecular weight excluding hydrogens is 280 g/mol. The van der Waals surface area contributed by atoms with Crippen molar-refractivity contribution in [1.82, 2.24) is 5.32 Å². The lowest BCUT2D eigenvalue weighted by molar-refractivity contribution is -0.119. The molecule has 1 atom stereocenters. The van der Waals surface area contributed by atoms with Gasteiger partial charge in [0.2, 0.25) is 5.91 Å². The molecule has 1 amide bonds. The molecule has 112 valence electrons. The van der Waals surface area contributed by atoms with Crippen LogP contribution in [0.3, 0.4) is 0 Å². The van der Waals surface area contributed by atoms with Crippen LogP contribution in [0.15, 0.2) is 18.2 Å². The van der Waals surface area contributed by atoms with E-state index < -0.39 is 0 Å². The molecule has 6 heteroatoms. The van der Waals surface area contributed by atoms with Crippen molar-refractivity contribution in [3.63, 3.8) is 0 Å². The van der Waals surface area contributed by atoms with Gasteiger partial charge in [-0.3, -0.25) is 4.79 Å². The Labute approximate surface area is 125 Å². The van der Waals surface area contributed by atoms with E-state index in [0.29, 0.717) is 13.2 Å². The third-order valence-corrected chi connectivity index (χ3v) is 3.07. The molecule has 1 aromatic rings. The van der Waals surface area contributed by atoms with Crippen LogP contribution < -0.4 is 15.8 Å². The molecule has 1 aliphatic heterocycles. The molecule has 20 heavy (non-hydrogen) atoms. The summed E-state index contributed by atoms with van der Waals surface area (Å²) in [4.78, 5) is 11.2. The van der Waals surface area contributed by atoms with Crippen LogP contribution in [0.25, 0.3) is 0 Å². The van der Waals surface area contributed by atoms with Crippen molar-refractivity contribution in [2.75, 3.05) is 19.8 Å². The van der Waals surface area contributed by atoms with Crippen LogP contribution in [-0.4, -0.2) is 31.8 Å². The lowest BCUT2D eigenvalue weighted by Crippen LogP contribution is -2.30. The highest BCUT2D eigenvalue weighted by Gasteiger charge is 2.18. The number of hydrogen-bond acceptors (Lipinski definition) is 4. The highest BCUT2D eigenvalue weighted by Crippen LogP contribution is 2.23. The Hall–Kier alpha value is -1.30. The van der Waals surface area contributed by atoms with Gasteiger partial charge in [0.05, 0.1) is 19.8 Å². The van der Waals surface area contributed by atoms with Gasteiger partial charge in [-0.2, -0.15) is 0 Å². The Morgan fingerprint density at radius 2 is 2.35 bits per heavy atom. The first kappa shape index (κ1) is 16.8. The topological polar surface area (TPSA) is 73.6 Å². The van der Waals surface area contributed by atoms with E-state index in [9.17, 15) is 4.79 Å². The van der Waals surface area contributed by atoms with E-state index >= 15 is 0 Å². The van der Waals surface area contributed by atoms with Gasteiger partial charge in [0.1, 0.15) is 11.9 Å². The number of hydrogen-bond donors (Lipinski definition) is 2. The van der Waals surface area contributed by atoms with E-state index in [1.807, 2.05) is 25.1 Å². The predicted octanol–water partition coefficient (Wildman–Crippen LogP) is 1.16. The quantitative estimate of drug-likeness (QED) is 0.856. The lowest BCUT2D eigenvalue weighted by atomic mass is 10.1. The van der Waals surface area contributed by atoms with Gasteiger partial charge < -0.3 is 20.5 Å². The SMILES string of the molecule is Cc1ccc(CNC(=O)CN)c(OC2CCOC2)c1.Cl. The number of amides is 1. The molecule has 1 unspecified atom stereocenters. The minimum Gasteiger partial charge on any atom is -0.488 e. The van der Waals surface area contributed by atoms with E-state index in [-0.39, 0.29) is 31.0 Å². The molecule has 5 nitrogen and oxygen atoms in total. The Morgan fingerprint density at radius 1 is 1.55 bits per heavy atom. The second kappa shape index (κ2) is 8.09. The second-order valence-electron chi connectivity index (χ2n) is 4.70. The molecule has 1 fully saturated rings. The standard InChI is InChI=1S/C14H20N2O3.ClH/c1-10-2-3-11(8-16-14(17)7-15)13(6-10)19-12-4-5-18-9-12;/h2-3,6,12H,4-5,7-9,15H2,1H3,(H,16,17);1H. The molecule has 3 N–H and O–H groups in total. The minimum absolute atomic E-state index is 0. The smallest absolute Gasteiger partial charge is 0.234 e. The van der Waals surface area contributed by atoms with E-state index in [0.717, 1.165) is 29.9 Å². The van der Waals surface area contributed by atoms with Gasteiger partial charge in [0.25, 0.3) is 0 Å². The van der Waals surface area contributed by atoms with Gasteiger partial charge in [0.15, 0.2) is 0 Å². The first-order valence-corrected chi connectivity index (χ1v) is 6.49. The maximum atomic E-state index is 11.2. The molecule has 1 aromatic carbocycles. The van der Waals surface area contributed by atoms with Crippen molar-refractivity contribution in [3.8, 4) is 5.75 Å². The Balaban J connectivity index is 0.00000200. The predicted molar refractivity (Wildman–Crippen MR) is 79.2 cm³/mol. The van der Waals surface area contributed by atoms with Crippen molar-refractivity contribution < 1.29 is 14.3 Å².